The summed E-state index contributed by atoms with van der Waals surface area (Å²) >= 11 is 5.90. The van der Waals surface area contributed by atoms with Gasteiger partial charge in [0.15, 0.2) is 0 Å². The van der Waals surface area contributed by atoms with Crippen LogP contribution in [0.25, 0.3) is 0 Å². The third-order valence-electron chi connectivity index (χ3n) is 3.17. The summed E-state index contributed by atoms with van der Waals surface area (Å²) in [5.41, 5.74) is 6.64. The molecular formula is C15H22ClN3O2. The highest BCUT2D eigenvalue weighted by Gasteiger charge is 2.18. The lowest BCUT2D eigenvalue weighted by atomic mass is 10.1. The number of nitrogens with zero attached hydrogens (tertiary/aromatic N) is 1. The van der Waals surface area contributed by atoms with Crippen molar-refractivity contribution in [2.75, 3.05) is 13.6 Å². The Bertz CT molecular complexity index is 505. The van der Waals surface area contributed by atoms with Gasteiger partial charge in [-0.25, -0.2) is 0 Å². The van der Waals surface area contributed by atoms with Crippen molar-refractivity contribution in [1.82, 2.24) is 10.2 Å². The van der Waals surface area contributed by atoms with E-state index in [0.29, 0.717) is 11.6 Å². The van der Waals surface area contributed by atoms with Gasteiger partial charge >= 0.3 is 0 Å². The molecule has 1 rings (SSSR count). The first-order valence-corrected chi connectivity index (χ1v) is 7.20. The SMILES string of the molecule is CC(C)[C@H](N)C(=O)NCC(=O)N(C)Cc1cccc(Cl)c1. The van der Waals surface area contributed by atoms with E-state index in [1.54, 1.807) is 19.2 Å². The van der Waals surface area contributed by atoms with E-state index in [9.17, 15) is 9.59 Å². The molecule has 0 aliphatic carbocycles. The maximum Gasteiger partial charge on any atom is 0.242 e. The van der Waals surface area contributed by atoms with E-state index in [-0.39, 0.29) is 24.3 Å². The summed E-state index contributed by atoms with van der Waals surface area (Å²) in [7, 11) is 1.68. The Balaban J connectivity index is 2.46. The first-order chi connectivity index (χ1) is 9.81. The van der Waals surface area contributed by atoms with Crippen LogP contribution < -0.4 is 11.1 Å². The molecule has 0 unspecified atom stereocenters. The number of hydrogen-bond donors (Lipinski definition) is 2. The molecule has 0 aromatic heterocycles. The number of benzene rings is 1. The van der Waals surface area contributed by atoms with Crippen molar-refractivity contribution < 1.29 is 9.59 Å². The fourth-order valence-electron chi connectivity index (χ4n) is 1.72. The smallest absolute Gasteiger partial charge is 0.242 e. The topological polar surface area (TPSA) is 75.4 Å². The molecule has 0 bridgehead atoms. The van der Waals surface area contributed by atoms with E-state index in [1.165, 1.54) is 4.90 Å². The molecule has 0 spiro atoms. The molecule has 0 saturated heterocycles. The summed E-state index contributed by atoms with van der Waals surface area (Å²) in [6.07, 6.45) is 0. The first kappa shape index (κ1) is 17.5. The molecule has 1 aromatic rings. The zero-order chi connectivity index (χ0) is 16.0. The van der Waals surface area contributed by atoms with Crippen LogP contribution in [0.4, 0.5) is 0 Å². The average Bonchev–Trinajstić information content (AvgIpc) is 2.43. The van der Waals surface area contributed by atoms with Crippen LogP contribution in [0, 0.1) is 5.92 Å². The largest absolute Gasteiger partial charge is 0.346 e. The van der Waals surface area contributed by atoms with Crippen LogP contribution in [0.1, 0.15) is 19.4 Å². The summed E-state index contributed by atoms with van der Waals surface area (Å²) in [5.74, 6) is -0.460. The van der Waals surface area contributed by atoms with E-state index in [0.717, 1.165) is 5.56 Å². The van der Waals surface area contributed by atoms with Gasteiger partial charge in [-0.2, -0.15) is 0 Å². The predicted octanol–water partition coefficient (Wildman–Crippen LogP) is 1.40. The molecule has 0 heterocycles. The third-order valence-corrected chi connectivity index (χ3v) is 3.40. The minimum atomic E-state index is -0.601. The van der Waals surface area contributed by atoms with E-state index in [1.807, 2.05) is 26.0 Å². The van der Waals surface area contributed by atoms with Crippen LogP contribution in [-0.2, 0) is 16.1 Å². The number of halogens is 1. The molecule has 0 aliphatic heterocycles. The molecule has 0 fully saturated rings. The van der Waals surface area contributed by atoms with Gasteiger partial charge in [0.25, 0.3) is 0 Å². The zero-order valence-electron chi connectivity index (χ0n) is 12.6. The van der Waals surface area contributed by atoms with Gasteiger partial charge in [-0.1, -0.05) is 37.6 Å². The van der Waals surface area contributed by atoms with Gasteiger partial charge in [-0.15, -0.1) is 0 Å². The molecule has 6 heteroatoms. The molecule has 0 radical (unpaired) electrons. The zero-order valence-corrected chi connectivity index (χ0v) is 13.4. The van der Waals surface area contributed by atoms with Gasteiger partial charge in [0.1, 0.15) is 0 Å². The quantitative estimate of drug-likeness (QED) is 0.834. The standard InChI is InChI=1S/C15H22ClN3O2/c1-10(2)14(17)15(21)18-8-13(20)19(3)9-11-5-4-6-12(16)7-11/h4-7,10,14H,8-9,17H2,1-3H3,(H,18,21)/t14-/m0/s1. The molecule has 2 amide bonds. The number of carbonyl (C=O) groups excluding carboxylic acids is 2. The van der Waals surface area contributed by atoms with Gasteiger partial charge in [0.2, 0.25) is 11.8 Å². The fraction of sp³-hybridized carbons (Fsp3) is 0.467. The van der Waals surface area contributed by atoms with E-state index in [2.05, 4.69) is 5.32 Å². The number of carbonyl (C=O) groups is 2. The van der Waals surface area contributed by atoms with Crippen LogP contribution in [0.3, 0.4) is 0 Å². The Hall–Kier alpha value is -1.59. The average molecular weight is 312 g/mol. The molecule has 1 aromatic carbocycles. The monoisotopic (exact) mass is 311 g/mol. The second kappa shape index (κ2) is 8.00. The Morgan fingerprint density at radius 3 is 2.62 bits per heavy atom. The summed E-state index contributed by atoms with van der Waals surface area (Å²) in [5, 5.41) is 3.19. The van der Waals surface area contributed by atoms with Crippen molar-refractivity contribution in [3.63, 3.8) is 0 Å². The van der Waals surface area contributed by atoms with Crippen LogP contribution in [0.5, 0.6) is 0 Å². The summed E-state index contributed by atoms with van der Waals surface area (Å²) in [6, 6.07) is 6.71. The fourth-order valence-corrected chi connectivity index (χ4v) is 1.93. The van der Waals surface area contributed by atoms with Crippen LogP contribution in [0.15, 0.2) is 24.3 Å². The summed E-state index contributed by atoms with van der Waals surface area (Å²) in [4.78, 5) is 25.2. The highest BCUT2D eigenvalue weighted by atomic mass is 35.5. The van der Waals surface area contributed by atoms with Crippen molar-refractivity contribution in [3.05, 3.63) is 34.9 Å². The molecule has 3 N–H and O–H groups in total. The highest BCUT2D eigenvalue weighted by Crippen LogP contribution is 2.12. The Kier molecular flexibility index (Phi) is 6.65. The minimum absolute atomic E-state index is 0.0318. The van der Waals surface area contributed by atoms with Crippen molar-refractivity contribution in [3.8, 4) is 0 Å². The van der Waals surface area contributed by atoms with Crippen molar-refractivity contribution >= 4 is 23.4 Å². The third kappa shape index (κ3) is 5.73. The minimum Gasteiger partial charge on any atom is -0.346 e. The van der Waals surface area contributed by atoms with Crippen molar-refractivity contribution in [1.29, 1.82) is 0 Å². The Labute approximate surface area is 130 Å². The van der Waals surface area contributed by atoms with Gasteiger partial charge in [-0.3, -0.25) is 9.59 Å². The molecule has 1 atom stereocenters. The lowest BCUT2D eigenvalue weighted by Crippen LogP contribution is -2.47. The van der Waals surface area contributed by atoms with E-state index < -0.39 is 6.04 Å². The number of hydrogen-bond acceptors (Lipinski definition) is 3. The van der Waals surface area contributed by atoms with Crippen molar-refractivity contribution in [2.45, 2.75) is 26.4 Å². The number of rotatable bonds is 6. The number of amides is 2. The summed E-state index contributed by atoms with van der Waals surface area (Å²) in [6.45, 7) is 4.09. The number of nitrogens with one attached hydrogen (secondary N) is 1. The maximum absolute atomic E-state index is 12.0. The molecule has 5 nitrogen and oxygen atoms in total. The van der Waals surface area contributed by atoms with Crippen molar-refractivity contribution in [2.24, 2.45) is 11.7 Å². The molecule has 0 saturated carbocycles. The Morgan fingerprint density at radius 2 is 2.05 bits per heavy atom. The Morgan fingerprint density at radius 1 is 1.38 bits per heavy atom. The highest BCUT2D eigenvalue weighted by molar-refractivity contribution is 6.30. The van der Waals surface area contributed by atoms with E-state index >= 15 is 0 Å². The normalized spacial score (nSPS) is 12.1. The maximum atomic E-state index is 12.0. The van der Waals surface area contributed by atoms with Crippen LogP contribution in [0.2, 0.25) is 5.02 Å². The second-order valence-electron chi connectivity index (χ2n) is 5.37. The molecular weight excluding hydrogens is 290 g/mol. The van der Waals surface area contributed by atoms with Gasteiger partial charge in [-0.05, 0) is 23.6 Å². The number of nitrogens with two attached hydrogens (primary N) is 1. The first-order valence-electron chi connectivity index (χ1n) is 6.83. The van der Waals surface area contributed by atoms with Gasteiger partial charge < -0.3 is 16.0 Å². The van der Waals surface area contributed by atoms with E-state index in [4.69, 9.17) is 17.3 Å². The second-order valence-corrected chi connectivity index (χ2v) is 5.80. The number of likely N-dealkylation sites (N-methyl/N-ethyl adjacent to an activating group) is 1. The molecule has 21 heavy (non-hydrogen) atoms. The lowest BCUT2D eigenvalue weighted by molar-refractivity contribution is -0.132. The predicted molar refractivity (Wildman–Crippen MR) is 83.7 cm³/mol. The van der Waals surface area contributed by atoms with Crippen LogP contribution in [-0.4, -0.2) is 36.3 Å². The van der Waals surface area contributed by atoms with Gasteiger partial charge in [0, 0.05) is 18.6 Å². The summed E-state index contributed by atoms with van der Waals surface area (Å²) < 4.78 is 0. The lowest BCUT2D eigenvalue weighted by Gasteiger charge is -2.19. The van der Waals surface area contributed by atoms with Gasteiger partial charge in [0.05, 0.1) is 12.6 Å². The molecule has 116 valence electrons. The molecule has 0 aliphatic rings. The van der Waals surface area contributed by atoms with Crippen LogP contribution >= 0.6 is 11.6 Å².